The lowest BCUT2D eigenvalue weighted by atomic mass is 10.1. The number of ketones is 1. The van der Waals surface area contributed by atoms with E-state index in [-0.39, 0.29) is 29.6 Å². The molecular formula is C24H22N10O2. The largest absolute Gasteiger partial charge is 0.383 e. The minimum absolute atomic E-state index is 0.101. The number of aliphatic imine (C=N–C) groups is 1. The third-order valence-corrected chi connectivity index (χ3v) is 6.32. The molecule has 0 atom stereocenters. The van der Waals surface area contributed by atoms with Gasteiger partial charge in [-0.2, -0.15) is 5.10 Å². The number of aromatic nitrogens is 6. The summed E-state index contributed by atoms with van der Waals surface area (Å²) in [5, 5.41) is 9.26. The molecule has 1 amide bonds. The number of imidazole rings is 1. The number of hydrogen-bond acceptors (Lipinski definition) is 9. The van der Waals surface area contributed by atoms with Gasteiger partial charge in [0.15, 0.2) is 11.6 Å². The fourth-order valence-electron chi connectivity index (χ4n) is 4.39. The maximum atomic E-state index is 13.1. The normalized spacial score (nSPS) is 14.7. The van der Waals surface area contributed by atoms with E-state index in [0.29, 0.717) is 34.6 Å². The van der Waals surface area contributed by atoms with Gasteiger partial charge >= 0.3 is 0 Å². The van der Waals surface area contributed by atoms with Gasteiger partial charge in [0.25, 0.3) is 5.91 Å². The maximum Gasteiger partial charge on any atom is 0.276 e. The summed E-state index contributed by atoms with van der Waals surface area (Å²) in [5.74, 6) is 1.84. The highest BCUT2D eigenvalue weighted by atomic mass is 16.2. The van der Waals surface area contributed by atoms with Crippen molar-refractivity contribution < 1.29 is 9.59 Å². The molecule has 0 radical (unpaired) electrons. The molecule has 6 rings (SSSR count). The van der Waals surface area contributed by atoms with Gasteiger partial charge in [0, 0.05) is 67.6 Å². The van der Waals surface area contributed by atoms with Crippen LogP contribution in [0.1, 0.15) is 28.4 Å². The van der Waals surface area contributed by atoms with Gasteiger partial charge in [-0.05, 0) is 17.5 Å². The number of Topliss-reactive ketones (excluding diaryl/α,β-unsaturated/α-hetero) is 1. The van der Waals surface area contributed by atoms with Crippen LogP contribution in [-0.4, -0.2) is 59.2 Å². The van der Waals surface area contributed by atoms with Crippen molar-refractivity contribution in [3.8, 4) is 0 Å². The van der Waals surface area contributed by atoms with Crippen molar-refractivity contribution in [3.63, 3.8) is 0 Å². The highest BCUT2D eigenvalue weighted by Gasteiger charge is 2.22. The third kappa shape index (κ3) is 3.87. The summed E-state index contributed by atoms with van der Waals surface area (Å²) < 4.78 is 4.08. The first-order valence-corrected chi connectivity index (χ1v) is 11.4. The van der Waals surface area contributed by atoms with Crippen molar-refractivity contribution in [2.24, 2.45) is 4.99 Å². The first-order chi connectivity index (χ1) is 17.4. The SMILES string of the molecule is CN(C(=O)c1cc2cc(Nc3cc4n(n3)Cc3nccn3CC4)ncc2c(N)n1)C1=CN=CC(=O)C1. The fourth-order valence-corrected chi connectivity index (χ4v) is 4.39. The van der Waals surface area contributed by atoms with E-state index in [9.17, 15) is 9.59 Å². The van der Waals surface area contributed by atoms with Crippen LogP contribution in [0.2, 0.25) is 0 Å². The first-order valence-electron chi connectivity index (χ1n) is 11.4. The summed E-state index contributed by atoms with van der Waals surface area (Å²) in [6.45, 7) is 1.45. The molecule has 4 aromatic rings. The van der Waals surface area contributed by atoms with Crippen LogP contribution >= 0.6 is 0 Å². The Labute approximate surface area is 205 Å². The minimum Gasteiger partial charge on any atom is -0.383 e. The van der Waals surface area contributed by atoms with E-state index < -0.39 is 0 Å². The Morgan fingerprint density at radius 1 is 1.19 bits per heavy atom. The van der Waals surface area contributed by atoms with E-state index in [4.69, 9.17) is 5.73 Å². The number of aryl methyl sites for hydroxylation is 2. The van der Waals surface area contributed by atoms with E-state index in [1.165, 1.54) is 17.3 Å². The Bertz CT molecular complexity index is 1600. The number of allylic oxidation sites excluding steroid dienone is 1. The third-order valence-electron chi connectivity index (χ3n) is 6.32. The highest BCUT2D eigenvalue weighted by Crippen LogP contribution is 2.26. The minimum atomic E-state index is -0.387. The number of carbonyl (C=O) groups is 2. The van der Waals surface area contributed by atoms with E-state index in [0.717, 1.165) is 24.5 Å². The number of rotatable bonds is 4. The molecule has 0 bridgehead atoms. The Hall–Kier alpha value is -4.87. The van der Waals surface area contributed by atoms with Crippen LogP contribution in [0.4, 0.5) is 17.5 Å². The van der Waals surface area contributed by atoms with Gasteiger partial charge < -0.3 is 20.5 Å². The van der Waals surface area contributed by atoms with Gasteiger partial charge in [-0.15, -0.1) is 0 Å². The van der Waals surface area contributed by atoms with E-state index in [1.54, 1.807) is 31.6 Å². The number of nitrogens with one attached hydrogen (secondary N) is 1. The van der Waals surface area contributed by atoms with Gasteiger partial charge in [-0.3, -0.25) is 19.3 Å². The average molecular weight is 483 g/mol. The van der Waals surface area contributed by atoms with Gasteiger partial charge in [0.2, 0.25) is 0 Å². The lowest BCUT2D eigenvalue weighted by molar-refractivity contribution is -0.112. The number of pyridine rings is 2. The summed E-state index contributed by atoms with van der Waals surface area (Å²) in [4.78, 5) is 43.2. The molecule has 0 spiro atoms. The number of nitrogens with two attached hydrogens (primary N) is 1. The van der Waals surface area contributed by atoms with Crippen molar-refractivity contribution in [3.05, 3.63) is 65.9 Å². The molecule has 3 N–H and O–H groups in total. The smallest absolute Gasteiger partial charge is 0.276 e. The number of hydrogen-bond donors (Lipinski definition) is 2. The molecule has 0 saturated heterocycles. The fraction of sp³-hybridized carbons (Fsp3) is 0.208. The number of fused-ring (bicyclic) bond motifs is 3. The van der Waals surface area contributed by atoms with Crippen LogP contribution in [0, 0.1) is 0 Å². The zero-order chi connectivity index (χ0) is 24.8. The van der Waals surface area contributed by atoms with Crippen LogP contribution in [-0.2, 0) is 24.3 Å². The van der Waals surface area contributed by atoms with Crippen molar-refractivity contribution >= 4 is 46.1 Å². The number of nitrogens with zero attached hydrogens (tertiary/aromatic N) is 8. The Kier molecular flexibility index (Phi) is 5.06. The number of amides is 1. The summed E-state index contributed by atoms with van der Waals surface area (Å²) in [6, 6.07) is 5.47. The number of carbonyl (C=O) groups excluding carboxylic acids is 2. The van der Waals surface area contributed by atoms with Crippen LogP contribution in [0.3, 0.4) is 0 Å². The summed E-state index contributed by atoms with van der Waals surface area (Å²) in [5.41, 5.74) is 7.91. The molecule has 2 aliphatic rings. The number of anilines is 3. The zero-order valence-corrected chi connectivity index (χ0v) is 19.4. The second kappa shape index (κ2) is 8.41. The topological polar surface area (TPSA) is 149 Å². The van der Waals surface area contributed by atoms with Crippen LogP contribution in [0.25, 0.3) is 10.8 Å². The molecule has 4 aromatic heterocycles. The van der Waals surface area contributed by atoms with E-state index in [2.05, 4.69) is 34.9 Å². The molecule has 0 saturated carbocycles. The molecule has 36 heavy (non-hydrogen) atoms. The molecular weight excluding hydrogens is 460 g/mol. The van der Waals surface area contributed by atoms with Gasteiger partial charge in [0.05, 0.1) is 19.2 Å². The van der Waals surface area contributed by atoms with Crippen LogP contribution < -0.4 is 11.1 Å². The van der Waals surface area contributed by atoms with Crippen LogP contribution in [0.15, 0.2) is 53.7 Å². The van der Waals surface area contributed by atoms with E-state index in [1.807, 2.05) is 16.9 Å². The lowest BCUT2D eigenvalue weighted by Crippen LogP contribution is -2.29. The predicted octanol–water partition coefficient (Wildman–Crippen LogP) is 1.91. The Morgan fingerprint density at radius 2 is 2.08 bits per heavy atom. The molecule has 0 aliphatic carbocycles. The lowest BCUT2D eigenvalue weighted by Gasteiger charge is -2.20. The molecule has 0 fully saturated rings. The standard InChI is InChI=1S/C24H22N10O2/c1-32(16-8-17(35)11-26-10-16)24(36)19-6-14-7-20(28-12-18(14)23(25)29-19)30-21-9-15-2-4-33-5-3-27-22(33)13-34(15)31-21/h3,5-7,9-12H,2,4,8,13H2,1H3,(H2,25,29)(H,28,30,31). The molecule has 12 heteroatoms. The van der Waals surface area contributed by atoms with E-state index >= 15 is 0 Å². The molecule has 2 aliphatic heterocycles. The molecule has 0 unspecified atom stereocenters. The van der Waals surface area contributed by atoms with Gasteiger partial charge in [-0.1, -0.05) is 0 Å². The highest BCUT2D eigenvalue weighted by molar-refractivity contribution is 6.29. The van der Waals surface area contributed by atoms with Crippen molar-refractivity contribution in [2.45, 2.75) is 25.9 Å². The maximum absolute atomic E-state index is 13.1. The van der Waals surface area contributed by atoms with Crippen molar-refractivity contribution in [1.29, 1.82) is 0 Å². The molecule has 0 aromatic carbocycles. The van der Waals surface area contributed by atoms with Crippen LogP contribution in [0.5, 0.6) is 0 Å². The molecule has 12 nitrogen and oxygen atoms in total. The predicted molar refractivity (Wildman–Crippen MR) is 133 cm³/mol. The number of nitrogen functional groups attached to an aromatic ring is 1. The zero-order valence-electron chi connectivity index (χ0n) is 19.4. The second-order valence-corrected chi connectivity index (χ2v) is 8.68. The van der Waals surface area contributed by atoms with Crippen molar-refractivity contribution in [2.75, 3.05) is 18.1 Å². The second-order valence-electron chi connectivity index (χ2n) is 8.68. The quantitative estimate of drug-likeness (QED) is 0.448. The molecule has 6 heterocycles. The summed E-state index contributed by atoms with van der Waals surface area (Å²) in [6.07, 6.45) is 9.08. The Morgan fingerprint density at radius 3 is 2.94 bits per heavy atom. The van der Waals surface area contributed by atoms with Gasteiger partial charge in [-0.25, -0.2) is 15.0 Å². The molecule has 180 valence electrons. The van der Waals surface area contributed by atoms with Gasteiger partial charge in [0.1, 0.15) is 23.2 Å². The first kappa shape index (κ1) is 21.6. The Balaban J connectivity index is 1.27. The average Bonchev–Trinajstić information content (AvgIpc) is 3.44. The van der Waals surface area contributed by atoms with Crippen molar-refractivity contribution in [1.82, 2.24) is 34.2 Å². The summed E-state index contributed by atoms with van der Waals surface area (Å²) in [7, 11) is 1.58. The monoisotopic (exact) mass is 482 g/mol. The summed E-state index contributed by atoms with van der Waals surface area (Å²) >= 11 is 0.